The van der Waals surface area contributed by atoms with E-state index in [9.17, 15) is 5.11 Å². The first-order valence-corrected chi connectivity index (χ1v) is 12.1. The summed E-state index contributed by atoms with van der Waals surface area (Å²) in [6.07, 6.45) is 3.40. The molecule has 1 aromatic carbocycles. The minimum atomic E-state index is -0.826. The van der Waals surface area contributed by atoms with Crippen molar-refractivity contribution in [2.75, 3.05) is 0 Å². The zero-order chi connectivity index (χ0) is 14.3. The number of phenols is 1. The Bertz CT molecular complexity index is 482. The van der Waals surface area contributed by atoms with Crippen LogP contribution in [0.3, 0.4) is 0 Å². The summed E-state index contributed by atoms with van der Waals surface area (Å²) in [7, 11) is 9.87. The van der Waals surface area contributed by atoms with E-state index in [1.807, 2.05) is 25.1 Å². The number of nitriles is 1. The summed E-state index contributed by atoms with van der Waals surface area (Å²) < 4.78 is 0. The minimum absolute atomic E-state index is 0.174. The van der Waals surface area contributed by atoms with Crippen molar-refractivity contribution in [2.24, 2.45) is 10.9 Å². The summed E-state index contributed by atoms with van der Waals surface area (Å²) in [6, 6.07) is 8.08. The second-order valence-corrected chi connectivity index (χ2v) is 8.05. The number of aliphatic imine (C=N–C) groups is 1. The van der Waals surface area contributed by atoms with Crippen LogP contribution in [-0.2, 0) is 20.8 Å². The molecule has 0 unspecified atom stereocenters. The monoisotopic (exact) mass is 374 g/mol. The summed E-state index contributed by atoms with van der Waals surface area (Å²) in [6.45, 7) is 1.86. The molecule has 1 aromatic rings. The molecule has 19 heavy (non-hydrogen) atoms. The molecular weight excluding hydrogens is 362 g/mol. The van der Waals surface area contributed by atoms with E-state index in [-0.39, 0.29) is 12.0 Å². The first kappa shape index (κ1) is 16.7. The van der Waals surface area contributed by atoms with Crippen LogP contribution in [0, 0.1) is 24.2 Å². The Balaban J connectivity index is 0.000000550. The van der Waals surface area contributed by atoms with Crippen molar-refractivity contribution in [3.63, 3.8) is 0 Å². The van der Waals surface area contributed by atoms with Crippen molar-refractivity contribution in [1.29, 1.82) is 5.26 Å². The molecule has 0 heterocycles. The molecule has 0 amide bonds. The molecule has 0 atom stereocenters. The number of hydrogen-bond acceptors (Lipinski definition) is 3. The van der Waals surface area contributed by atoms with Gasteiger partial charge in [0.15, 0.2) is 0 Å². The molecule has 0 aromatic heterocycles. The summed E-state index contributed by atoms with van der Waals surface area (Å²) in [5, 5.41) is 18.4. The van der Waals surface area contributed by atoms with Gasteiger partial charge in [-0.1, -0.05) is 12.1 Å². The van der Waals surface area contributed by atoms with Gasteiger partial charge in [0, 0.05) is 11.8 Å². The predicted molar refractivity (Wildman–Crippen MR) is 74.3 cm³/mol. The number of hydrogen-bond donors (Lipinski definition) is 1. The SMILES string of the molecule is Cc1cccc(C=NC2CC(C#N)C2)c1O.[Cl][Zr][Cl]. The van der Waals surface area contributed by atoms with Gasteiger partial charge in [0.25, 0.3) is 0 Å². The van der Waals surface area contributed by atoms with E-state index in [4.69, 9.17) is 22.3 Å². The van der Waals surface area contributed by atoms with Gasteiger partial charge in [-0.05, 0) is 31.4 Å². The Labute approximate surface area is 131 Å². The quantitative estimate of drug-likeness (QED) is 0.799. The Morgan fingerprint density at radius 2 is 2.11 bits per heavy atom. The summed E-state index contributed by atoms with van der Waals surface area (Å²) in [5.41, 5.74) is 1.60. The van der Waals surface area contributed by atoms with Crippen molar-refractivity contribution in [3.8, 4) is 11.8 Å². The van der Waals surface area contributed by atoms with Gasteiger partial charge in [-0.3, -0.25) is 4.99 Å². The summed E-state index contributed by atoms with van der Waals surface area (Å²) in [5.74, 6) is 0.468. The molecule has 1 fully saturated rings. The molecule has 1 N–H and O–H groups in total. The van der Waals surface area contributed by atoms with Gasteiger partial charge in [-0.2, -0.15) is 5.26 Å². The van der Waals surface area contributed by atoms with Crippen LogP contribution in [0.15, 0.2) is 23.2 Å². The third-order valence-corrected chi connectivity index (χ3v) is 2.99. The van der Waals surface area contributed by atoms with Crippen LogP contribution >= 0.6 is 17.0 Å². The molecule has 1 saturated carbocycles. The fraction of sp³-hybridized carbons (Fsp3) is 0.385. The average molecular weight is 376 g/mol. The van der Waals surface area contributed by atoms with Crippen LogP contribution in [0.5, 0.6) is 5.75 Å². The maximum absolute atomic E-state index is 9.76. The number of nitrogens with zero attached hydrogens (tertiary/aromatic N) is 2. The molecule has 100 valence electrons. The van der Waals surface area contributed by atoms with Crippen LogP contribution < -0.4 is 0 Å². The van der Waals surface area contributed by atoms with E-state index in [0.717, 1.165) is 24.0 Å². The number of rotatable bonds is 2. The van der Waals surface area contributed by atoms with Gasteiger partial charge in [-0.25, -0.2) is 0 Å². The molecule has 1 aliphatic carbocycles. The van der Waals surface area contributed by atoms with E-state index in [0.29, 0.717) is 5.75 Å². The van der Waals surface area contributed by atoms with Crippen molar-refractivity contribution in [2.45, 2.75) is 25.8 Å². The topological polar surface area (TPSA) is 56.4 Å². The van der Waals surface area contributed by atoms with Crippen molar-refractivity contribution in [1.82, 2.24) is 0 Å². The van der Waals surface area contributed by atoms with Crippen LogP contribution in [0.4, 0.5) is 0 Å². The molecule has 1 aliphatic rings. The van der Waals surface area contributed by atoms with Crippen LogP contribution in [0.1, 0.15) is 24.0 Å². The van der Waals surface area contributed by atoms with Gasteiger partial charge in [0.05, 0.1) is 18.0 Å². The maximum atomic E-state index is 9.76. The number of benzene rings is 1. The van der Waals surface area contributed by atoms with Crippen LogP contribution in [0.2, 0.25) is 0 Å². The van der Waals surface area contributed by atoms with Crippen molar-refractivity contribution in [3.05, 3.63) is 29.3 Å². The van der Waals surface area contributed by atoms with Crippen molar-refractivity contribution < 1.29 is 26.0 Å². The molecule has 0 saturated heterocycles. The first-order chi connectivity index (χ1) is 9.12. The third-order valence-electron chi connectivity index (χ3n) is 2.99. The van der Waals surface area contributed by atoms with E-state index in [2.05, 4.69) is 11.1 Å². The summed E-state index contributed by atoms with van der Waals surface area (Å²) in [4.78, 5) is 4.36. The molecule has 6 heteroatoms. The fourth-order valence-corrected chi connectivity index (χ4v) is 1.79. The average Bonchev–Trinajstić information content (AvgIpc) is 2.33. The molecule has 0 spiro atoms. The Morgan fingerprint density at radius 1 is 1.47 bits per heavy atom. The standard InChI is InChI=1S/C13H14N2O.2ClH.Zr/c1-9-3-2-4-11(13(9)16)8-15-12-5-10(6-12)7-14;;;/h2-4,8,10,12,16H,5-6H2,1H3;2*1H;/q;;;+2/p-2. The molecule has 2 rings (SSSR count). The second kappa shape index (κ2) is 8.74. The number of aromatic hydroxyl groups is 1. The normalized spacial score (nSPS) is 20.9. The number of phenolic OH excluding ortho intramolecular Hbond substituents is 1. The zero-order valence-electron chi connectivity index (χ0n) is 10.5. The van der Waals surface area contributed by atoms with E-state index >= 15 is 0 Å². The predicted octanol–water partition coefficient (Wildman–Crippen LogP) is 3.80. The zero-order valence-corrected chi connectivity index (χ0v) is 14.4. The van der Waals surface area contributed by atoms with Crippen LogP contribution in [-0.4, -0.2) is 17.4 Å². The summed E-state index contributed by atoms with van der Waals surface area (Å²) >= 11 is -0.826. The first-order valence-electron chi connectivity index (χ1n) is 5.80. The Hall–Kier alpha value is -0.357. The van der Waals surface area contributed by atoms with Gasteiger partial charge in [-0.15, -0.1) is 0 Å². The van der Waals surface area contributed by atoms with Gasteiger partial charge < -0.3 is 5.11 Å². The molecular formula is C13H14Cl2N2OZr. The van der Waals surface area contributed by atoms with E-state index < -0.39 is 20.8 Å². The van der Waals surface area contributed by atoms with E-state index in [1.165, 1.54) is 0 Å². The van der Waals surface area contributed by atoms with Gasteiger partial charge >= 0.3 is 37.9 Å². The fourth-order valence-electron chi connectivity index (χ4n) is 1.79. The number of halogens is 2. The van der Waals surface area contributed by atoms with Crippen LogP contribution in [0.25, 0.3) is 0 Å². The molecule has 3 nitrogen and oxygen atoms in total. The Morgan fingerprint density at radius 3 is 2.68 bits per heavy atom. The molecule has 0 bridgehead atoms. The third kappa shape index (κ3) is 5.26. The molecule has 0 aliphatic heterocycles. The van der Waals surface area contributed by atoms with Gasteiger partial charge in [0.1, 0.15) is 5.75 Å². The number of aryl methyl sites for hydroxylation is 1. The molecule has 0 radical (unpaired) electrons. The number of para-hydroxylation sites is 1. The van der Waals surface area contributed by atoms with Gasteiger partial charge in [0.2, 0.25) is 0 Å². The Kier molecular flexibility index (Phi) is 7.68. The van der Waals surface area contributed by atoms with Crippen molar-refractivity contribution >= 4 is 23.2 Å². The van der Waals surface area contributed by atoms with E-state index in [1.54, 1.807) is 6.21 Å². The second-order valence-electron chi connectivity index (χ2n) is 4.31.